The highest BCUT2D eigenvalue weighted by Gasteiger charge is 2.31. The van der Waals surface area contributed by atoms with Gasteiger partial charge in [-0.25, -0.2) is 9.38 Å². The van der Waals surface area contributed by atoms with Gasteiger partial charge in [-0.15, -0.1) is 0 Å². The minimum atomic E-state index is -0.337. The molecule has 5 nitrogen and oxygen atoms in total. The van der Waals surface area contributed by atoms with Crippen LogP contribution in [0.4, 0.5) is 4.39 Å². The summed E-state index contributed by atoms with van der Waals surface area (Å²) in [5.74, 6) is 0.762. The number of nitrogens with zero attached hydrogens (tertiary/aromatic N) is 2. The highest BCUT2D eigenvalue weighted by Crippen LogP contribution is 2.29. The van der Waals surface area contributed by atoms with Crippen LogP contribution in [0, 0.1) is 5.82 Å². The van der Waals surface area contributed by atoms with Gasteiger partial charge < -0.3 is 20.3 Å². The van der Waals surface area contributed by atoms with E-state index in [0.29, 0.717) is 12.6 Å². The van der Waals surface area contributed by atoms with Gasteiger partial charge in [0.25, 0.3) is 0 Å². The number of likely N-dealkylation sites (tertiary alicyclic amines) is 1. The minimum Gasteiger partial charge on any atom is -0.486 e. The van der Waals surface area contributed by atoms with E-state index in [1.807, 2.05) is 6.92 Å². The Bertz CT molecular complexity index is 597. The summed E-state index contributed by atoms with van der Waals surface area (Å²) in [5, 5.41) is 6.85. The lowest BCUT2D eigenvalue weighted by molar-refractivity contribution is 0.197. The van der Waals surface area contributed by atoms with Crippen molar-refractivity contribution < 1.29 is 9.13 Å². The van der Waals surface area contributed by atoms with Crippen molar-refractivity contribution in [3.8, 4) is 5.75 Å². The molecule has 1 aliphatic carbocycles. The fourth-order valence-corrected chi connectivity index (χ4v) is 3.38. The Balaban J connectivity index is 1.47. The summed E-state index contributed by atoms with van der Waals surface area (Å²) in [6.45, 7) is 7.61. The largest absolute Gasteiger partial charge is 0.486 e. The summed E-state index contributed by atoms with van der Waals surface area (Å²) in [7, 11) is 0. The minimum absolute atomic E-state index is 0.195. The van der Waals surface area contributed by atoms with Crippen LogP contribution in [0.3, 0.4) is 0 Å². The van der Waals surface area contributed by atoms with Gasteiger partial charge in [0.1, 0.15) is 6.10 Å². The fraction of sp³-hybridized carbons (Fsp3) is 0.650. The Hall–Kier alpha value is -1.82. The predicted octanol–water partition coefficient (Wildman–Crippen LogP) is 2.77. The molecule has 1 aromatic rings. The molecule has 1 saturated heterocycles. The van der Waals surface area contributed by atoms with Crippen molar-refractivity contribution in [1.82, 2.24) is 15.5 Å². The van der Waals surface area contributed by atoms with Gasteiger partial charge in [0.2, 0.25) is 0 Å². The maximum absolute atomic E-state index is 13.7. The SMILES string of the molecule is CCNC(=NCC(C)Oc1ccccc1F)NC1CCN(C2CC2)CC1. The second-order valence-electron chi connectivity index (χ2n) is 7.26. The van der Waals surface area contributed by atoms with Crippen molar-refractivity contribution in [3.05, 3.63) is 30.1 Å². The van der Waals surface area contributed by atoms with Gasteiger partial charge >= 0.3 is 0 Å². The third kappa shape index (κ3) is 5.59. The van der Waals surface area contributed by atoms with Crippen LogP contribution in [0.2, 0.25) is 0 Å². The highest BCUT2D eigenvalue weighted by molar-refractivity contribution is 5.80. The third-order valence-corrected chi connectivity index (χ3v) is 4.95. The number of guanidine groups is 1. The summed E-state index contributed by atoms with van der Waals surface area (Å²) in [4.78, 5) is 7.25. The molecule has 0 radical (unpaired) electrons. The first-order chi connectivity index (χ1) is 12.7. The maximum atomic E-state index is 13.7. The molecule has 0 bridgehead atoms. The van der Waals surface area contributed by atoms with E-state index >= 15 is 0 Å². The zero-order chi connectivity index (χ0) is 18.4. The molecule has 6 heteroatoms. The number of benzene rings is 1. The molecule has 1 heterocycles. The van der Waals surface area contributed by atoms with Gasteiger partial charge in [0, 0.05) is 31.7 Å². The standard InChI is InChI=1S/C20H31FN4O/c1-3-22-20(24-16-10-12-25(13-11-16)17-8-9-17)23-14-15(2)26-19-7-5-4-6-18(19)21/h4-7,15-17H,3,8-14H2,1-2H3,(H2,22,23,24). The monoisotopic (exact) mass is 362 g/mol. The Morgan fingerprint density at radius 1 is 1.27 bits per heavy atom. The molecule has 1 atom stereocenters. The summed E-state index contributed by atoms with van der Waals surface area (Å²) >= 11 is 0. The first-order valence-electron chi connectivity index (χ1n) is 9.85. The van der Waals surface area contributed by atoms with Crippen LogP contribution < -0.4 is 15.4 Å². The first-order valence-corrected chi connectivity index (χ1v) is 9.85. The molecule has 1 aromatic carbocycles. The first kappa shape index (κ1) is 19.0. The molecule has 144 valence electrons. The van der Waals surface area contributed by atoms with Crippen LogP contribution in [0.5, 0.6) is 5.75 Å². The lowest BCUT2D eigenvalue weighted by Crippen LogP contribution is -2.49. The van der Waals surface area contributed by atoms with Gasteiger partial charge in [-0.05, 0) is 51.7 Å². The predicted molar refractivity (Wildman–Crippen MR) is 103 cm³/mol. The van der Waals surface area contributed by atoms with Crippen molar-refractivity contribution in [2.45, 2.75) is 57.7 Å². The average Bonchev–Trinajstić information content (AvgIpc) is 3.48. The van der Waals surface area contributed by atoms with Crippen molar-refractivity contribution in [3.63, 3.8) is 0 Å². The van der Waals surface area contributed by atoms with Gasteiger partial charge in [-0.1, -0.05) is 12.1 Å². The van der Waals surface area contributed by atoms with Crippen LogP contribution in [0.25, 0.3) is 0 Å². The van der Waals surface area contributed by atoms with Crippen molar-refractivity contribution in [1.29, 1.82) is 0 Å². The number of aliphatic imine (C=N–C) groups is 1. The van der Waals surface area contributed by atoms with Gasteiger partial charge in [0.15, 0.2) is 17.5 Å². The van der Waals surface area contributed by atoms with Crippen molar-refractivity contribution in [2.75, 3.05) is 26.2 Å². The zero-order valence-electron chi connectivity index (χ0n) is 15.9. The topological polar surface area (TPSA) is 48.9 Å². The summed E-state index contributed by atoms with van der Waals surface area (Å²) < 4.78 is 19.3. The molecule has 1 unspecified atom stereocenters. The molecule has 2 aliphatic rings. The number of para-hydroxylation sites is 1. The van der Waals surface area contributed by atoms with Crippen molar-refractivity contribution in [2.24, 2.45) is 4.99 Å². The molecule has 0 spiro atoms. The van der Waals surface area contributed by atoms with E-state index in [2.05, 4.69) is 27.4 Å². The fourth-order valence-electron chi connectivity index (χ4n) is 3.38. The Morgan fingerprint density at radius 3 is 2.65 bits per heavy atom. The van der Waals surface area contributed by atoms with E-state index in [-0.39, 0.29) is 17.7 Å². The smallest absolute Gasteiger partial charge is 0.191 e. The van der Waals surface area contributed by atoms with Crippen LogP contribution in [0.1, 0.15) is 39.5 Å². The summed E-state index contributed by atoms with van der Waals surface area (Å²) in [6.07, 6.45) is 4.87. The number of hydrogen-bond donors (Lipinski definition) is 2. The molecular formula is C20H31FN4O. The van der Waals surface area contributed by atoms with Gasteiger partial charge in [0.05, 0.1) is 6.54 Å². The molecule has 2 N–H and O–H groups in total. The lowest BCUT2D eigenvalue weighted by atomic mass is 10.1. The third-order valence-electron chi connectivity index (χ3n) is 4.95. The second kappa shape index (κ2) is 9.21. The van der Waals surface area contributed by atoms with E-state index < -0.39 is 0 Å². The highest BCUT2D eigenvalue weighted by atomic mass is 19.1. The van der Waals surface area contributed by atoms with Crippen LogP contribution >= 0.6 is 0 Å². The quantitative estimate of drug-likeness (QED) is 0.578. The zero-order valence-corrected chi connectivity index (χ0v) is 15.9. The van der Waals surface area contributed by atoms with E-state index in [1.165, 1.54) is 32.0 Å². The van der Waals surface area contributed by atoms with Gasteiger partial charge in [-0.3, -0.25) is 0 Å². The molecular weight excluding hydrogens is 331 g/mol. The Labute approximate surface area is 156 Å². The Morgan fingerprint density at radius 2 is 2.00 bits per heavy atom. The van der Waals surface area contributed by atoms with Gasteiger partial charge in [-0.2, -0.15) is 0 Å². The van der Waals surface area contributed by atoms with E-state index in [1.54, 1.807) is 18.2 Å². The Kier molecular flexibility index (Phi) is 6.72. The van der Waals surface area contributed by atoms with Crippen molar-refractivity contribution >= 4 is 5.96 Å². The van der Waals surface area contributed by atoms with Crippen LogP contribution in [0.15, 0.2) is 29.3 Å². The summed E-state index contributed by atoms with van der Waals surface area (Å²) in [6, 6.07) is 7.80. The average molecular weight is 362 g/mol. The van der Waals surface area contributed by atoms with Crippen LogP contribution in [-0.4, -0.2) is 55.2 Å². The lowest BCUT2D eigenvalue weighted by Gasteiger charge is -2.33. The molecule has 2 fully saturated rings. The molecule has 1 saturated carbocycles. The molecule has 0 aromatic heterocycles. The molecule has 1 aliphatic heterocycles. The number of nitrogens with one attached hydrogen (secondary N) is 2. The van der Waals surface area contributed by atoms with E-state index in [0.717, 1.165) is 31.4 Å². The number of piperidine rings is 1. The number of halogens is 1. The number of rotatable bonds is 7. The number of ether oxygens (including phenoxy) is 1. The van der Waals surface area contributed by atoms with Crippen LogP contribution in [-0.2, 0) is 0 Å². The molecule has 26 heavy (non-hydrogen) atoms. The number of hydrogen-bond acceptors (Lipinski definition) is 3. The molecule has 0 amide bonds. The normalized spacial score (nSPS) is 20.7. The van der Waals surface area contributed by atoms with E-state index in [4.69, 9.17) is 4.74 Å². The maximum Gasteiger partial charge on any atom is 0.191 e. The summed E-state index contributed by atoms with van der Waals surface area (Å²) in [5.41, 5.74) is 0. The molecule has 3 rings (SSSR count). The van der Waals surface area contributed by atoms with E-state index in [9.17, 15) is 4.39 Å². The second-order valence-corrected chi connectivity index (χ2v) is 7.26.